The average Bonchev–Trinajstić information content (AvgIpc) is 2.90. The van der Waals surface area contributed by atoms with Crippen LogP contribution < -0.4 is 0 Å². The van der Waals surface area contributed by atoms with Crippen LogP contribution in [0.15, 0.2) is 36.4 Å². The van der Waals surface area contributed by atoms with E-state index in [1.54, 1.807) is 6.08 Å². The van der Waals surface area contributed by atoms with Crippen LogP contribution in [0.5, 0.6) is 0 Å². The molecule has 0 saturated heterocycles. The van der Waals surface area contributed by atoms with Crippen molar-refractivity contribution in [3.05, 3.63) is 53.4 Å². The number of nitrogens with zero attached hydrogens (tertiary/aromatic N) is 2. The largest absolute Gasteiger partial charge is 0.451 e. The number of aromatic nitrogens is 2. The van der Waals surface area contributed by atoms with Gasteiger partial charge in [0, 0.05) is 23.8 Å². The van der Waals surface area contributed by atoms with E-state index in [0.29, 0.717) is 12.8 Å². The van der Waals surface area contributed by atoms with Crippen LogP contribution >= 0.6 is 0 Å². The lowest BCUT2D eigenvalue weighted by Crippen LogP contribution is -2.29. The number of benzene rings is 1. The van der Waals surface area contributed by atoms with Crippen LogP contribution in [-0.2, 0) is 14.3 Å². The van der Waals surface area contributed by atoms with Crippen molar-refractivity contribution in [1.82, 2.24) is 9.78 Å². The summed E-state index contributed by atoms with van der Waals surface area (Å²) in [6.07, 6.45) is 5.46. The number of esters is 1. The van der Waals surface area contributed by atoms with Gasteiger partial charge < -0.3 is 4.74 Å². The maximum atomic E-state index is 12.0. The van der Waals surface area contributed by atoms with Gasteiger partial charge in [0.05, 0.1) is 11.4 Å². The van der Waals surface area contributed by atoms with Gasteiger partial charge in [0.15, 0.2) is 11.9 Å². The summed E-state index contributed by atoms with van der Waals surface area (Å²) in [6, 6.07) is 9.84. The standard InChI is InChI=1S/C20H22N2O3/c1-14-17(15(2)22(21-14)16-8-4-3-5-9-16)12-13-20(24)25-19-11-7-6-10-18(19)23/h3-5,8-9,12-13,19H,6-7,10-11H2,1-2H3/b13-12+/t19-/m1/s1. The minimum absolute atomic E-state index is 0.0252. The first kappa shape index (κ1) is 17.1. The topological polar surface area (TPSA) is 61.2 Å². The highest BCUT2D eigenvalue weighted by molar-refractivity contribution is 5.91. The van der Waals surface area contributed by atoms with E-state index in [1.807, 2.05) is 48.9 Å². The first-order valence-corrected chi connectivity index (χ1v) is 8.59. The van der Waals surface area contributed by atoms with Gasteiger partial charge in [0.1, 0.15) is 0 Å². The van der Waals surface area contributed by atoms with Crippen LogP contribution in [0.2, 0.25) is 0 Å². The van der Waals surface area contributed by atoms with E-state index in [-0.39, 0.29) is 5.78 Å². The first-order valence-electron chi connectivity index (χ1n) is 8.59. The lowest BCUT2D eigenvalue weighted by atomic mass is 9.96. The van der Waals surface area contributed by atoms with Gasteiger partial charge in [-0.2, -0.15) is 5.10 Å². The molecule has 0 bridgehead atoms. The molecule has 1 atom stereocenters. The van der Waals surface area contributed by atoms with Gasteiger partial charge in [0.2, 0.25) is 0 Å². The Kier molecular flexibility index (Phi) is 5.12. The van der Waals surface area contributed by atoms with Crippen molar-refractivity contribution in [3.63, 3.8) is 0 Å². The molecule has 0 unspecified atom stereocenters. The number of hydrogen-bond acceptors (Lipinski definition) is 4. The fourth-order valence-electron chi connectivity index (χ4n) is 3.12. The predicted molar refractivity (Wildman–Crippen MR) is 95.4 cm³/mol. The molecule has 1 saturated carbocycles. The van der Waals surface area contributed by atoms with E-state index in [2.05, 4.69) is 5.10 Å². The highest BCUT2D eigenvalue weighted by atomic mass is 16.5. The average molecular weight is 338 g/mol. The van der Waals surface area contributed by atoms with E-state index >= 15 is 0 Å². The summed E-state index contributed by atoms with van der Waals surface area (Å²) < 4.78 is 7.15. The van der Waals surface area contributed by atoms with Gasteiger partial charge in [0.25, 0.3) is 0 Å². The zero-order chi connectivity index (χ0) is 17.8. The second-order valence-corrected chi connectivity index (χ2v) is 6.30. The van der Waals surface area contributed by atoms with Gasteiger partial charge in [-0.15, -0.1) is 0 Å². The monoisotopic (exact) mass is 338 g/mol. The Balaban J connectivity index is 1.74. The molecule has 1 aromatic heterocycles. The normalized spacial score (nSPS) is 17.8. The summed E-state index contributed by atoms with van der Waals surface area (Å²) in [5.74, 6) is -0.455. The Hall–Kier alpha value is -2.69. The van der Waals surface area contributed by atoms with Crippen molar-refractivity contribution >= 4 is 17.8 Å². The number of ether oxygens (including phenoxy) is 1. The summed E-state index contributed by atoms with van der Waals surface area (Å²) in [7, 11) is 0. The number of aryl methyl sites for hydroxylation is 1. The molecule has 3 rings (SSSR count). The van der Waals surface area contributed by atoms with Gasteiger partial charge in [-0.05, 0) is 51.3 Å². The molecule has 0 spiro atoms. The SMILES string of the molecule is Cc1nn(-c2ccccc2)c(C)c1/C=C/C(=O)O[C@@H]1CCCCC1=O. The van der Waals surface area contributed by atoms with Gasteiger partial charge >= 0.3 is 5.97 Å². The third-order valence-electron chi connectivity index (χ3n) is 4.49. The molecule has 0 aliphatic heterocycles. The Bertz CT molecular complexity index is 806. The van der Waals surface area contributed by atoms with Crippen molar-refractivity contribution in [2.24, 2.45) is 0 Å². The Morgan fingerprint density at radius 2 is 2.00 bits per heavy atom. The van der Waals surface area contributed by atoms with Crippen LogP contribution in [-0.4, -0.2) is 27.6 Å². The molecule has 25 heavy (non-hydrogen) atoms. The van der Waals surface area contributed by atoms with Crippen molar-refractivity contribution in [2.75, 3.05) is 0 Å². The molecule has 0 amide bonds. The summed E-state index contributed by atoms with van der Waals surface area (Å²) in [4.78, 5) is 23.8. The van der Waals surface area contributed by atoms with E-state index in [0.717, 1.165) is 35.5 Å². The van der Waals surface area contributed by atoms with Crippen LogP contribution in [0.25, 0.3) is 11.8 Å². The second kappa shape index (κ2) is 7.47. The summed E-state index contributed by atoms with van der Waals surface area (Å²) >= 11 is 0. The van der Waals surface area contributed by atoms with Crippen LogP contribution in [0, 0.1) is 13.8 Å². The molecule has 1 heterocycles. The number of carbonyl (C=O) groups is 2. The van der Waals surface area contributed by atoms with Crippen molar-refractivity contribution in [2.45, 2.75) is 45.6 Å². The van der Waals surface area contributed by atoms with E-state index in [4.69, 9.17) is 4.74 Å². The summed E-state index contributed by atoms with van der Waals surface area (Å²) in [6.45, 7) is 3.87. The molecule has 1 aliphatic carbocycles. The number of hydrogen-bond donors (Lipinski definition) is 0. The smallest absolute Gasteiger partial charge is 0.331 e. The quantitative estimate of drug-likeness (QED) is 0.632. The lowest BCUT2D eigenvalue weighted by molar-refractivity contribution is -0.152. The number of para-hydroxylation sites is 1. The molecule has 5 heteroatoms. The third kappa shape index (κ3) is 3.87. The molecule has 5 nitrogen and oxygen atoms in total. The minimum atomic E-state index is -0.583. The Labute approximate surface area is 147 Å². The first-order chi connectivity index (χ1) is 12.1. The second-order valence-electron chi connectivity index (χ2n) is 6.30. The predicted octanol–water partition coefficient (Wildman–Crippen LogP) is 3.56. The number of carbonyl (C=O) groups excluding carboxylic acids is 2. The maximum absolute atomic E-state index is 12.0. The molecule has 1 aromatic carbocycles. The summed E-state index contributed by atoms with van der Waals surface area (Å²) in [5, 5.41) is 4.55. The molecule has 1 aliphatic rings. The summed E-state index contributed by atoms with van der Waals surface area (Å²) in [5.41, 5.74) is 3.63. The molecule has 130 valence electrons. The molecule has 1 fully saturated rings. The molecular weight excluding hydrogens is 316 g/mol. The highest BCUT2D eigenvalue weighted by Crippen LogP contribution is 2.20. The molecular formula is C20H22N2O3. The van der Waals surface area contributed by atoms with E-state index in [9.17, 15) is 9.59 Å². The number of rotatable bonds is 4. The fraction of sp³-hybridized carbons (Fsp3) is 0.350. The zero-order valence-electron chi connectivity index (χ0n) is 14.6. The van der Waals surface area contributed by atoms with Crippen LogP contribution in [0.3, 0.4) is 0 Å². The zero-order valence-corrected chi connectivity index (χ0v) is 14.6. The molecule has 0 radical (unpaired) electrons. The van der Waals surface area contributed by atoms with E-state index in [1.165, 1.54) is 6.08 Å². The molecule has 0 N–H and O–H groups in total. The van der Waals surface area contributed by atoms with Gasteiger partial charge in [-0.1, -0.05) is 18.2 Å². The minimum Gasteiger partial charge on any atom is -0.451 e. The van der Waals surface area contributed by atoms with Crippen molar-refractivity contribution in [3.8, 4) is 5.69 Å². The van der Waals surface area contributed by atoms with Crippen LogP contribution in [0.4, 0.5) is 0 Å². The molecule has 2 aromatic rings. The van der Waals surface area contributed by atoms with E-state index < -0.39 is 12.1 Å². The highest BCUT2D eigenvalue weighted by Gasteiger charge is 2.25. The number of Topliss-reactive ketones (excluding diaryl/α,β-unsaturated/α-hetero) is 1. The lowest BCUT2D eigenvalue weighted by Gasteiger charge is -2.19. The fourth-order valence-corrected chi connectivity index (χ4v) is 3.12. The Morgan fingerprint density at radius 1 is 1.24 bits per heavy atom. The van der Waals surface area contributed by atoms with Gasteiger partial charge in [-0.3, -0.25) is 4.79 Å². The third-order valence-corrected chi connectivity index (χ3v) is 4.49. The van der Waals surface area contributed by atoms with Crippen LogP contribution in [0.1, 0.15) is 42.6 Å². The van der Waals surface area contributed by atoms with Crippen molar-refractivity contribution < 1.29 is 14.3 Å². The maximum Gasteiger partial charge on any atom is 0.331 e. The Morgan fingerprint density at radius 3 is 2.72 bits per heavy atom. The van der Waals surface area contributed by atoms with Crippen molar-refractivity contribution in [1.29, 1.82) is 0 Å². The number of ketones is 1. The van der Waals surface area contributed by atoms with Gasteiger partial charge in [-0.25, -0.2) is 9.48 Å².